The van der Waals surface area contributed by atoms with Gasteiger partial charge in [-0.3, -0.25) is 18.7 Å². The van der Waals surface area contributed by atoms with Crippen molar-refractivity contribution >= 4 is 27.6 Å². The van der Waals surface area contributed by atoms with Gasteiger partial charge >= 0.3 is 35.7 Å². The zero-order valence-electron chi connectivity index (χ0n) is 22.1. The monoisotopic (exact) mass is 574 g/mol. The quantitative estimate of drug-likeness (QED) is 0.521. The summed E-state index contributed by atoms with van der Waals surface area (Å²) in [5.41, 5.74) is 5.21. The van der Waals surface area contributed by atoms with Crippen molar-refractivity contribution in [3.63, 3.8) is 0 Å². The molecule has 9 nitrogen and oxygen atoms in total. The molecule has 0 radical (unpaired) electrons. The minimum Gasteiger partial charge on any atom is -0.423 e. The summed E-state index contributed by atoms with van der Waals surface area (Å²) < 4.78 is 71.4. The first-order valence-corrected chi connectivity index (χ1v) is 14.3. The van der Waals surface area contributed by atoms with E-state index in [1.165, 1.54) is 33.1 Å². The van der Waals surface area contributed by atoms with Crippen LogP contribution in [0.5, 0.6) is 0 Å². The molecule has 2 aromatic rings. The molecule has 6 rings (SSSR count). The molecular formula is C25H30F3N6NaO3S. The molecule has 1 spiro atoms. The summed E-state index contributed by atoms with van der Waals surface area (Å²) >= 11 is 0. The molecule has 2 fully saturated rings. The normalized spacial score (nSPS) is 20.0. The van der Waals surface area contributed by atoms with Crippen molar-refractivity contribution in [1.29, 1.82) is 0 Å². The number of alkyl halides is 3. The van der Waals surface area contributed by atoms with Crippen LogP contribution in [0.25, 0.3) is 4.72 Å². The van der Waals surface area contributed by atoms with Gasteiger partial charge in [0.25, 0.3) is 10.2 Å². The third-order valence-electron chi connectivity index (χ3n) is 8.29. The van der Waals surface area contributed by atoms with E-state index in [1.54, 1.807) is 7.05 Å². The Bertz CT molecular complexity index is 1350. The van der Waals surface area contributed by atoms with Gasteiger partial charge in [-0.25, -0.2) is 8.42 Å². The fraction of sp³-hybridized carbons (Fsp3) is 0.600. The van der Waals surface area contributed by atoms with Crippen molar-refractivity contribution in [3.05, 3.63) is 45.4 Å². The number of rotatable bonds is 6. The minimum absolute atomic E-state index is 0. The van der Waals surface area contributed by atoms with Crippen molar-refractivity contribution in [2.45, 2.75) is 63.6 Å². The summed E-state index contributed by atoms with van der Waals surface area (Å²) in [7, 11) is -2.80. The first-order valence-electron chi connectivity index (χ1n) is 12.9. The standard InChI is InChI=1S/C25H31F3N6O3S.Na/c1-32-12-19(11-29-32)34(18-9-24(10-18)13-33(14-24)15-25(26,27)28)38(36,37)31-23(35)30-22-20-6-2-4-16(20)8-17-5-3-7-21(17)22;/h8,11-12,18H,2-7,9-10,13-15H2,1H3,(H2,30,31,35);/q;+1/p-1. The molecule has 1 saturated carbocycles. The number of carbonyl (C=O) groups is 1. The molecule has 0 atom stereocenters. The van der Waals surface area contributed by atoms with Crippen LogP contribution in [0.4, 0.5) is 29.3 Å². The molecule has 1 aromatic heterocycles. The maximum absolute atomic E-state index is 13.5. The van der Waals surface area contributed by atoms with Gasteiger partial charge in [-0.1, -0.05) is 6.07 Å². The number of halogens is 3. The first-order chi connectivity index (χ1) is 17.9. The van der Waals surface area contributed by atoms with Crippen LogP contribution >= 0.6 is 0 Å². The topological polar surface area (TPSA) is 102 Å². The summed E-state index contributed by atoms with van der Waals surface area (Å²) in [4.78, 5) is 14.4. The number of likely N-dealkylation sites (tertiary alicyclic amines) is 1. The van der Waals surface area contributed by atoms with Crippen LogP contribution < -0.4 is 39.2 Å². The van der Waals surface area contributed by atoms with Crippen molar-refractivity contribution in [3.8, 4) is 0 Å². The van der Waals surface area contributed by atoms with Crippen LogP contribution in [0.15, 0.2) is 18.5 Å². The van der Waals surface area contributed by atoms with E-state index < -0.39 is 35.0 Å². The maximum Gasteiger partial charge on any atom is 1.00 e. The third kappa shape index (κ3) is 5.57. The zero-order chi connectivity index (χ0) is 26.9. The Labute approximate surface area is 247 Å². The van der Waals surface area contributed by atoms with E-state index in [0.29, 0.717) is 18.5 Å². The minimum atomic E-state index is -4.45. The Hall–Kier alpha value is -1.80. The molecule has 0 unspecified atom stereocenters. The number of aromatic nitrogens is 2. The summed E-state index contributed by atoms with van der Waals surface area (Å²) in [5.74, 6) is 0. The molecule has 1 saturated heterocycles. The smallest absolute Gasteiger partial charge is 0.423 e. The Morgan fingerprint density at radius 1 is 1.15 bits per heavy atom. The SMILES string of the molecule is Cn1cc(N(C2CC3(C2)CN(CC(F)(F)F)C3)S(=O)(=O)[N-]C(=O)Nc2c3c(cc4c2CCC4)CCC3)cn1.[Na+]. The number of benzene rings is 1. The number of nitrogens with one attached hydrogen (secondary N) is 1. The number of hydrogen-bond acceptors (Lipinski definition) is 5. The maximum atomic E-state index is 13.5. The number of anilines is 2. The summed E-state index contributed by atoms with van der Waals surface area (Å²) in [6.07, 6.45) is 5.00. The van der Waals surface area contributed by atoms with Crippen molar-refractivity contribution < 1.29 is 55.9 Å². The number of nitrogens with zero attached hydrogens (tertiary/aromatic N) is 5. The van der Waals surface area contributed by atoms with E-state index in [2.05, 4.69) is 21.2 Å². The van der Waals surface area contributed by atoms with E-state index in [-0.39, 0.29) is 53.7 Å². The molecule has 1 aliphatic heterocycles. The molecule has 2 heterocycles. The molecule has 4 aliphatic rings. The molecule has 206 valence electrons. The largest absolute Gasteiger partial charge is 1.00 e. The molecule has 3 aliphatic carbocycles. The molecule has 1 aromatic carbocycles. The van der Waals surface area contributed by atoms with Gasteiger partial charge in [0.05, 0.1) is 18.4 Å². The van der Waals surface area contributed by atoms with Gasteiger partial charge in [-0.05, 0) is 84.7 Å². The number of fused-ring (bicyclic) bond motifs is 2. The average molecular weight is 575 g/mol. The van der Waals surface area contributed by atoms with Gasteiger partial charge < -0.3 is 10.0 Å². The van der Waals surface area contributed by atoms with E-state index in [1.807, 2.05) is 0 Å². The van der Waals surface area contributed by atoms with Crippen molar-refractivity contribution in [2.24, 2.45) is 12.5 Å². The van der Waals surface area contributed by atoms with Crippen LogP contribution in [0, 0.1) is 5.41 Å². The van der Waals surface area contributed by atoms with Gasteiger partial charge in [0.2, 0.25) is 0 Å². The van der Waals surface area contributed by atoms with Crippen LogP contribution in [0.1, 0.15) is 47.9 Å². The second-order valence-corrected chi connectivity index (χ2v) is 12.7. The van der Waals surface area contributed by atoms with Gasteiger partial charge in [0.15, 0.2) is 6.03 Å². The predicted octanol–water partition coefficient (Wildman–Crippen LogP) is 1.09. The van der Waals surface area contributed by atoms with Gasteiger partial charge in [-0.15, -0.1) is 0 Å². The number of aryl methyl sites for hydroxylation is 3. The summed E-state index contributed by atoms with van der Waals surface area (Å²) in [6, 6.07) is 0.766. The second-order valence-electron chi connectivity index (χ2n) is 11.2. The van der Waals surface area contributed by atoms with Crippen molar-refractivity contribution in [1.82, 2.24) is 14.7 Å². The number of carbonyl (C=O) groups excluding carboxylic acids is 1. The van der Waals surface area contributed by atoms with Crippen LogP contribution in [0.3, 0.4) is 0 Å². The Kier molecular flexibility index (Phi) is 7.54. The van der Waals surface area contributed by atoms with E-state index in [9.17, 15) is 26.4 Å². The van der Waals surface area contributed by atoms with E-state index >= 15 is 0 Å². The first kappa shape index (κ1) is 28.7. The Balaban J connectivity index is 0.00000308. The summed E-state index contributed by atoms with van der Waals surface area (Å²) in [5, 5.41) is 6.88. The van der Waals surface area contributed by atoms with Crippen LogP contribution in [-0.4, -0.2) is 61.0 Å². The zero-order valence-corrected chi connectivity index (χ0v) is 24.9. The Morgan fingerprint density at radius 3 is 2.31 bits per heavy atom. The summed E-state index contributed by atoms with van der Waals surface area (Å²) in [6.45, 7) is -0.427. The van der Waals surface area contributed by atoms with Crippen molar-refractivity contribution in [2.75, 3.05) is 29.3 Å². The van der Waals surface area contributed by atoms with Gasteiger partial charge in [0.1, 0.15) is 0 Å². The number of urea groups is 1. The number of amides is 2. The Morgan fingerprint density at radius 2 is 1.77 bits per heavy atom. The molecule has 14 heteroatoms. The molecule has 39 heavy (non-hydrogen) atoms. The van der Waals surface area contributed by atoms with Gasteiger partial charge in [0, 0.05) is 32.4 Å². The molecular weight excluding hydrogens is 544 g/mol. The molecule has 2 amide bonds. The predicted molar refractivity (Wildman–Crippen MR) is 135 cm³/mol. The molecule has 0 bridgehead atoms. The van der Waals surface area contributed by atoms with E-state index in [0.717, 1.165) is 54.0 Å². The molecule has 1 N–H and O–H groups in total. The fourth-order valence-electron chi connectivity index (χ4n) is 6.93. The van der Waals surface area contributed by atoms with Crippen LogP contribution in [-0.2, 0) is 42.9 Å². The second kappa shape index (κ2) is 10.2. The average Bonchev–Trinajstić information content (AvgIpc) is 3.50. The number of hydrogen-bond donors (Lipinski definition) is 1. The van der Waals surface area contributed by atoms with Gasteiger partial charge in [-0.2, -0.15) is 18.3 Å². The van der Waals surface area contributed by atoms with E-state index in [4.69, 9.17) is 0 Å². The third-order valence-corrected chi connectivity index (χ3v) is 9.69. The fourth-order valence-corrected chi connectivity index (χ4v) is 8.16. The van der Waals surface area contributed by atoms with Crippen LogP contribution in [0.2, 0.25) is 0 Å².